The Bertz CT molecular complexity index is 1360. The van der Waals surface area contributed by atoms with Crippen molar-refractivity contribution in [2.24, 2.45) is 0 Å². The second-order valence-electron chi connectivity index (χ2n) is 7.41. The number of para-hydroxylation sites is 1. The topological polar surface area (TPSA) is 86.3 Å². The zero-order valence-electron chi connectivity index (χ0n) is 17.9. The Kier molecular flexibility index (Phi) is 5.63. The molecule has 7 heteroatoms. The third-order valence-corrected chi connectivity index (χ3v) is 5.63. The number of nitrogen functional groups attached to an aromatic ring is 1. The van der Waals surface area contributed by atoms with Gasteiger partial charge in [0.2, 0.25) is 5.91 Å². The lowest BCUT2D eigenvalue weighted by Crippen LogP contribution is -2.14. The third-order valence-electron chi connectivity index (χ3n) is 5.38. The predicted molar refractivity (Wildman–Crippen MR) is 129 cm³/mol. The molecule has 3 aromatic carbocycles. The fourth-order valence-electron chi connectivity index (χ4n) is 3.96. The van der Waals surface area contributed by atoms with E-state index in [0.717, 1.165) is 5.56 Å². The van der Waals surface area contributed by atoms with E-state index < -0.39 is 0 Å². The van der Waals surface area contributed by atoms with Gasteiger partial charge in [-0.15, -0.1) is 0 Å². The summed E-state index contributed by atoms with van der Waals surface area (Å²) in [6.45, 7) is 3.23. The second kappa shape index (κ2) is 8.40. The Morgan fingerprint density at radius 3 is 2.34 bits per heavy atom. The highest BCUT2D eigenvalue weighted by Gasteiger charge is 2.25. The first-order valence-corrected chi connectivity index (χ1v) is 10.4. The van der Waals surface area contributed by atoms with Crippen molar-refractivity contribution in [3.8, 4) is 16.9 Å². The molecule has 0 bridgehead atoms. The summed E-state index contributed by atoms with van der Waals surface area (Å²) in [4.78, 5) is 25.6. The number of fused-ring (bicyclic) bond motifs is 1. The van der Waals surface area contributed by atoms with Crippen molar-refractivity contribution >= 4 is 45.7 Å². The number of methoxy groups -OCH3 is 1. The summed E-state index contributed by atoms with van der Waals surface area (Å²) in [5, 5.41) is 4.12. The molecule has 0 aliphatic rings. The smallest absolute Gasteiger partial charge is 0.262 e. The van der Waals surface area contributed by atoms with Crippen LogP contribution in [0.1, 0.15) is 23.0 Å². The number of carbonyl (C=O) groups is 2. The number of hydrogen-bond acceptors (Lipinski definition) is 4. The van der Waals surface area contributed by atoms with Gasteiger partial charge in [0.1, 0.15) is 5.75 Å². The van der Waals surface area contributed by atoms with Crippen LogP contribution in [-0.2, 0) is 4.79 Å². The van der Waals surface area contributed by atoms with Crippen LogP contribution in [0.2, 0.25) is 5.02 Å². The lowest BCUT2D eigenvalue weighted by Gasteiger charge is -2.14. The summed E-state index contributed by atoms with van der Waals surface area (Å²) in [7, 11) is 1.57. The molecule has 32 heavy (non-hydrogen) atoms. The van der Waals surface area contributed by atoms with Crippen molar-refractivity contribution in [1.82, 2.24) is 4.57 Å². The number of anilines is 2. The van der Waals surface area contributed by atoms with E-state index in [-0.39, 0.29) is 11.8 Å². The number of halogens is 1. The normalized spacial score (nSPS) is 10.9. The van der Waals surface area contributed by atoms with E-state index in [1.807, 2.05) is 24.3 Å². The molecule has 0 aliphatic heterocycles. The summed E-state index contributed by atoms with van der Waals surface area (Å²) in [5.74, 6) is 0.0944. The van der Waals surface area contributed by atoms with Gasteiger partial charge in [0.05, 0.1) is 18.3 Å². The van der Waals surface area contributed by atoms with Gasteiger partial charge in [-0.1, -0.05) is 29.8 Å². The summed E-state index contributed by atoms with van der Waals surface area (Å²) in [6, 6.07) is 17.7. The standard InChI is InChI=1S/C25H22ClN3O3/c1-14-24(28-15(2)30)23-20(29(14)25(31)16-8-10-17(26)11-9-16)12-13-21(32-3)22(23)18-6-4-5-7-19(18)27/h4-13H,27H2,1-3H3,(H,28,30). The van der Waals surface area contributed by atoms with Gasteiger partial charge in [0.25, 0.3) is 5.91 Å². The van der Waals surface area contributed by atoms with Crippen LogP contribution in [0.15, 0.2) is 60.7 Å². The minimum Gasteiger partial charge on any atom is -0.496 e. The van der Waals surface area contributed by atoms with Crippen molar-refractivity contribution in [2.75, 3.05) is 18.2 Å². The number of hydrogen-bond donors (Lipinski definition) is 2. The predicted octanol–water partition coefficient (Wildman–Crippen LogP) is 5.51. The Balaban J connectivity index is 2.10. The largest absolute Gasteiger partial charge is 0.496 e. The van der Waals surface area contributed by atoms with Crippen LogP contribution in [0.5, 0.6) is 5.75 Å². The van der Waals surface area contributed by atoms with E-state index in [2.05, 4.69) is 5.32 Å². The van der Waals surface area contributed by atoms with Gasteiger partial charge < -0.3 is 15.8 Å². The van der Waals surface area contributed by atoms with Crippen LogP contribution in [-0.4, -0.2) is 23.5 Å². The molecular weight excluding hydrogens is 426 g/mol. The van der Waals surface area contributed by atoms with E-state index >= 15 is 0 Å². The fraction of sp³-hybridized carbons (Fsp3) is 0.120. The molecule has 3 N–H and O–H groups in total. The summed E-state index contributed by atoms with van der Waals surface area (Å²) >= 11 is 6.00. The average Bonchev–Trinajstić information content (AvgIpc) is 3.04. The maximum Gasteiger partial charge on any atom is 0.262 e. The highest BCUT2D eigenvalue weighted by molar-refractivity contribution is 6.30. The van der Waals surface area contributed by atoms with Crippen molar-refractivity contribution in [2.45, 2.75) is 13.8 Å². The summed E-state index contributed by atoms with van der Waals surface area (Å²) in [6.07, 6.45) is 0. The van der Waals surface area contributed by atoms with Crippen molar-refractivity contribution in [3.63, 3.8) is 0 Å². The maximum atomic E-state index is 13.5. The number of rotatable bonds is 4. The first-order chi connectivity index (χ1) is 15.3. The number of aromatic nitrogens is 1. The van der Waals surface area contributed by atoms with Gasteiger partial charge in [-0.2, -0.15) is 0 Å². The van der Waals surface area contributed by atoms with E-state index in [1.165, 1.54) is 6.92 Å². The molecule has 0 saturated heterocycles. The van der Waals surface area contributed by atoms with E-state index in [9.17, 15) is 9.59 Å². The first kappa shape index (κ1) is 21.5. The van der Waals surface area contributed by atoms with Gasteiger partial charge in [0.15, 0.2) is 0 Å². The number of nitrogens with one attached hydrogen (secondary N) is 1. The molecule has 0 saturated carbocycles. The minimum absolute atomic E-state index is 0.238. The van der Waals surface area contributed by atoms with Crippen molar-refractivity contribution in [3.05, 3.63) is 76.9 Å². The molecule has 162 valence electrons. The molecule has 1 heterocycles. The first-order valence-electron chi connectivity index (χ1n) is 9.98. The SMILES string of the molecule is COc1ccc2c(c(NC(C)=O)c(C)n2C(=O)c2ccc(Cl)cc2)c1-c1ccccc1N. The molecule has 0 radical (unpaired) electrons. The Labute approximate surface area is 190 Å². The highest BCUT2D eigenvalue weighted by Crippen LogP contribution is 2.45. The second-order valence-corrected chi connectivity index (χ2v) is 7.85. The molecule has 4 aromatic rings. The molecular formula is C25H22ClN3O3. The van der Waals surface area contributed by atoms with Gasteiger partial charge >= 0.3 is 0 Å². The molecule has 6 nitrogen and oxygen atoms in total. The Morgan fingerprint density at radius 1 is 1.03 bits per heavy atom. The zero-order chi connectivity index (χ0) is 23.0. The Hall–Kier alpha value is -3.77. The molecule has 0 fully saturated rings. The van der Waals surface area contributed by atoms with Crippen molar-refractivity contribution < 1.29 is 14.3 Å². The summed E-state index contributed by atoms with van der Waals surface area (Å²) < 4.78 is 7.24. The van der Waals surface area contributed by atoms with E-state index in [4.69, 9.17) is 22.1 Å². The molecule has 4 rings (SSSR count). The van der Waals surface area contributed by atoms with Crippen LogP contribution >= 0.6 is 11.6 Å². The van der Waals surface area contributed by atoms with Crippen LogP contribution < -0.4 is 15.8 Å². The monoisotopic (exact) mass is 447 g/mol. The Morgan fingerprint density at radius 2 is 1.72 bits per heavy atom. The number of nitrogens with zero attached hydrogens (tertiary/aromatic N) is 1. The van der Waals surface area contributed by atoms with Gasteiger partial charge in [-0.3, -0.25) is 14.2 Å². The molecule has 0 aliphatic carbocycles. The van der Waals surface area contributed by atoms with E-state index in [1.54, 1.807) is 55.0 Å². The van der Waals surface area contributed by atoms with Gasteiger partial charge in [-0.05, 0) is 49.4 Å². The zero-order valence-corrected chi connectivity index (χ0v) is 18.7. The molecule has 1 aromatic heterocycles. The number of amides is 1. The molecule has 0 atom stereocenters. The van der Waals surface area contributed by atoms with Crippen LogP contribution in [0.3, 0.4) is 0 Å². The minimum atomic E-state index is -0.249. The fourth-order valence-corrected chi connectivity index (χ4v) is 4.09. The molecule has 1 amide bonds. The van der Waals surface area contributed by atoms with Gasteiger partial charge in [0, 0.05) is 45.4 Å². The lowest BCUT2D eigenvalue weighted by molar-refractivity contribution is -0.114. The molecule has 0 unspecified atom stereocenters. The van der Waals surface area contributed by atoms with Gasteiger partial charge in [-0.25, -0.2) is 0 Å². The average molecular weight is 448 g/mol. The van der Waals surface area contributed by atoms with Crippen LogP contribution in [0.4, 0.5) is 11.4 Å². The number of benzene rings is 3. The van der Waals surface area contributed by atoms with Crippen LogP contribution in [0.25, 0.3) is 22.0 Å². The quantitative estimate of drug-likeness (QED) is 0.404. The third kappa shape index (κ3) is 3.59. The molecule has 0 spiro atoms. The highest BCUT2D eigenvalue weighted by atomic mass is 35.5. The van der Waals surface area contributed by atoms with E-state index in [0.29, 0.717) is 49.9 Å². The lowest BCUT2D eigenvalue weighted by atomic mass is 9.97. The van der Waals surface area contributed by atoms with Crippen LogP contribution in [0, 0.1) is 6.92 Å². The summed E-state index contributed by atoms with van der Waals surface area (Å²) in [5.41, 5.74) is 10.5. The van der Waals surface area contributed by atoms with Crippen molar-refractivity contribution in [1.29, 1.82) is 0 Å². The number of carbonyl (C=O) groups excluding carboxylic acids is 2. The number of ether oxygens (including phenoxy) is 1. The number of nitrogens with two attached hydrogens (primary N) is 1. The maximum absolute atomic E-state index is 13.5.